The smallest absolute Gasteiger partial charge is 0.144 e. The van der Waals surface area contributed by atoms with Crippen LogP contribution in [0.1, 0.15) is 34.1 Å². The highest BCUT2D eigenvalue weighted by molar-refractivity contribution is 5.63. The van der Waals surface area contributed by atoms with E-state index < -0.39 is 0 Å². The monoisotopic (exact) mass is 278 g/mol. The second-order valence-corrected chi connectivity index (χ2v) is 5.75. The van der Waals surface area contributed by atoms with Gasteiger partial charge in [-0.05, 0) is 39.3 Å². The first kappa shape index (κ1) is 15.0. The van der Waals surface area contributed by atoms with Crippen molar-refractivity contribution in [1.29, 1.82) is 0 Å². The van der Waals surface area contributed by atoms with Gasteiger partial charge in [-0.15, -0.1) is 0 Å². The van der Waals surface area contributed by atoms with Crippen LogP contribution in [0, 0.1) is 0 Å². The highest BCUT2D eigenvalue weighted by Crippen LogP contribution is 2.31. The van der Waals surface area contributed by atoms with E-state index in [4.69, 9.17) is 15.2 Å². The molecule has 0 amide bonds. The predicted molar refractivity (Wildman–Crippen MR) is 83.5 cm³/mol. The fourth-order valence-corrected chi connectivity index (χ4v) is 2.56. The van der Waals surface area contributed by atoms with Crippen molar-refractivity contribution < 1.29 is 9.47 Å². The van der Waals surface area contributed by atoms with Gasteiger partial charge < -0.3 is 20.1 Å². The van der Waals surface area contributed by atoms with Gasteiger partial charge in [0, 0.05) is 18.3 Å². The van der Waals surface area contributed by atoms with E-state index in [2.05, 4.69) is 30.9 Å². The lowest BCUT2D eigenvalue weighted by Gasteiger charge is -2.40. The number of nitrogens with zero attached hydrogens (tertiary/aromatic N) is 1. The van der Waals surface area contributed by atoms with Crippen molar-refractivity contribution in [2.24, 2.45) is 0 Å². The number of nitrogen functional groups attached to an aromatic ring is 1. The highest BCUT2D eigenvalue weighted by Gasteiger charge is 2.26. The quantitative estimate of drug-likeness (QED) is 0.860. The van der Waals surface area contributed by atoms with E-state index >= 15 is 0 Å². The first-order valence-corrected chi connectivity index (χ1v) is 7.45. The summed E-state index contributed by atoms with van der Waals surface area (Å²) >= 11 is 0. The summed E-state index contributed by atoms with van der Waals surface area (Å²) in [6, 6.07) is 6.47. The van der Waals surface area contributed by atoms with Gasteiger partial charge in [0.05, 0.1) is 30.5 Å². The Kier molecular flexibility index (Phi) is 4.76. The summed E-state index contributed by atoms with van der Waals surface area (Å²) in [4.78, 5) is 2.40. The fourth-order valence-electron chi connectivity index (χ4n) is 2.56. The van der Waals surface area contributed by atoms with E-state index in [1.54, 1.807) is 0 Å². The summed E-state index contributed by atoms with van der Waals surface area (Å²) in [7, 11) is 0. The van der Waals surface area contributed by atoms with Crippen molar-refractivity contribution in [3.63, 3.8) is 0 Å². The van der Waals surface area contributed by atoms with Crippen LogP contribution in [-0.4, -0.2) is 31.4 Å². The Morgan fingerprint density at radius 1 is 1.45 bits per heavy atom. The Hall–Kier alpha value is -1.42. The lowest BCUT2D eigenvalue weighted by atomic mass is 10.1. The highest BCUT2D eigenvalue weighted by atomic mass is 16.5. The van der Waals surface area contributed by atoms with Gasteiger partial charge >= 0.3 is 0 Å². The van der Waals surface area contributed by atoms with Crippen LogP contribution in [-0.2, 0) is 4.74 Å². The van der Waals surface area contributed by atoms with Crippen molar-refractivity contribution in [1.82, 2.24) is 0 Å². The van der Waals surface area contributed by atoms with Crippen molar-refractivity contribution in [2.45, 2.75) is 52.4 Å². The minimum atomic E-state index is 0.123. The van der Waals surface area contributed by atoms with Gasteiger partial charge in [0.1, 0.15) is 5.75 Å². The van der Waals surface area contributed by atoms with Crippen molar-refractivity contribution in [3.8, 4) is 5.75 Å². The molecule has 0 saturated carbocycles. The Balaban J connectivity index is 2.26. The van der Waals surface area contributed by atoms with Crippen LogP contribution in [0.2, 0.25) is 0 Å². The van der Waals surface area contributed by atoms with Crippen molar-refractivity contribution >= 4 is 11.4 Å². The van der Waals surface area contributed by atoms with Crippen molar-refractivity contribution in [3.05, 3.63) is 18.2 Å². The molecule has 1 fully saturated rings. The molecule has 112 valence electrons. The summed E-state index contributed by atoms with van der Waals surface area (Å²) in [6.07, 6.45) is 1.44. The molecule has 0 aromatic heterocycles. The van der Waals surface area contributed by atoms with Gasteiger partial charge in [0.25, 0.3) is 0 Å². The zero-order valence-electron chi connectivity index (χ0n) is 12.9. The third kappa shape index (κ3) is 3.37. The second kappa shape index (κ2) is 6.35. The van der Waals surface area contributed by atoms with Crippen LogP contribution in [0.15, 0.2) is 18.2 Å². The molecule has 1 saturated heterocycles. The number of hydrogen-bond donors (Lipinski definition) is 1. The third-order valence-electron chi connectivity index (χ3n) is 3.63. The third-order valence-corrected chi connectivity index (χ3v) is 3.63. The molecule has 1 aromatic rings. The predicted octanol–water partition coefficient (Wildman–Crippen LogP) is 3.06. The lowest BCUT2D eigenvalue weighted by Crippen LogP contribution is -2.48. The van der Waals surface area contributed by atoms with E-state index in [-0.39, 0.29) is 12.2 Å². The standard InChI is InChI=1S/C16H26N2O2/c1-5-13-10-19-12(4)9-18(13)14-6-7-15(17)16(8-14)20-11(2)3/h6-8,11-13H,5,9-10,17H2,1-4H3. The van der Waals surface area contributed by atoms with E-state index in [9.17, 15) is 0 Å². The summed E-state index contributed by atoms with van der Waals surface area (Å²) in [5, 5.41) is 0. The zero-order valence-corrected chi connectivity index (χ0v) is 12.9. The SMILES string of the molecule is CCC1COC(C)CN1c1ccc(N)c(OC(C)C)c1. The Morgan fingerprint density at radius 3 is 2.85 bits per heavy atom. The van der Waals surface area contributed by atoms with Gasteiger partial charge in [-0.1, -0.05) is 6.92 Å². The van der Waals surface area contributed by atoms with Gasteiger partial charge in [-0.2, -0.15) is 0 Å². The maximum Gasteiger partial charge on any atom is 0.144 e. The molecule has 0 aliphatic carbocycles. The molecule has 4 heteroatoms. The number of hydrogen-bond acceptors (Lipinski definition) is 4. The van der Waals surface area contributed by atoms with Gasteiger partial charge in [0.2, 0.25) is 0 Å². The van der Waals surface area contributed by atoms with Gasteiger partial charge in [0.15, 0.2) is 0 Å². The van der Waals surface area contributed by atoms with E-state index in [1.165, 1.54) is 0 Å². The summed E-state index contributed by atoms with van der Waals surface area (Å²) in [5.41, 5.74) is 7.85. The molecule has 20 heavy (non-hydrogen) atoms. The van der Waals surface area contributed by atoms with Crippen LogP contribution in [0.4, 0.5) is 11.4 Å². The molecule has 1 aromatic carbocycles. The largest absolute Gasteiger partial charge is 0.489 e. The molecule has 0 bridgehead atoms. The van der Waals surface area contributed by atoms with Crippen LogP contribution in [0.3, 0.4) is 0 Å². The molecular formula is C16H26N2O2. The van der Waals surface area contributed by atoms with E-state index in [0.717, 1.165) is 31.0 Å². The Morgan fingerprint density at radius 2 is 2.20 bits per heavy atom. The molecule has 1 heterocycles. The van der Waals surface area contributed by atoms with E-state index in [0.29, 0.717) is 11.7 Å². The number of anilines is 2. The van der Waals surface area contributed by atoms with Crippen LogP contribution >= 0.6 is 0 Å². The molecule has 2 unspecified atom stereocenters. The molecule has 0 spiro atoms. The summed E-state index contributed by atoms with van der Waals surface area (Å²) < 4.78 is 11.5. The normalized spacial score (nSPS) is 23.1. The zero-order chi connectivity index (χ0) is 14.7. The number of morpholine rings is 1. The van der Waals surface area contributed by atoms with Crippen LogP contribution in [0.5, 0.6) is 5.75 Å². The second-order valence-electron chi connectivity index (χ2n) is 5.75. The minimum absolute atomic E-state index is 0.123. The first-order valence-electron chi connectivity index (χ1n) is 7.45. The maximum atomic E-state index is 5.99. The van der Waals surface area contributed by atoms with Gasteiger partial charge in [-0.3, -0.25) is 0 Å². The topological polar surface area (TPSA) is 47.7 Å². The molecule has 0 radical (unpaired) electrons. The van der Waals surface area contributed by atoms with Crippen molar-refractivity contribution in [2.75, 3.05) is 23.8 Å². The maximum absolute atomic E-state index is 5.99. The fraction of sp³-hybridized carbons (Fsp3) is 0.625. The Bertz CT molecular complexity index is 448. The molecule has 4 nitrogen and oxygen atoms in total. The van der Waals surface area contributed by atoms with Crippen LogP contribution < -0.4 is 15.4 Å². The number of ether oxygens (including phenoxy) is 2. The molecular weight excluding hydrogens is 252 g/mol. The number of rotatable bonds is 4. The number of nitrogens with two attached hydrogens (primary N) is 1. The minimum Gasteiger partial charge on any atom is -0.489 e. The number of benzene rings is 1. The average molecular weight is 278 g/mol. The summed E-state index contributed by atoms with van der Waals surface area (Å²) in [6.45, 7) is 10.0. The lowest BCUT2D eigenvalue weighted by molar-refractivity contribution is 0.0299. The Labute approximate surface area is 121 Å². The van der Waals surface area contributed by atoms with E-state index in [1.807, 2.05) is 19.9 Å². The molecule has 2 N–H and O–H groups in total. The molecule has 1 aliphatic heterocycles. The average Bonchev–Trinajstić information content (AvgIpc) is 2.40. The molecule has 2 atom stereocenters. The first-order chi connectivity index (χ1) is 9.51. The molecule has 1 aliphatic rings. The van der Waals surface area contributed by atoms with Crippen LogP contribution in [0.25, 0.3) is 0 Å². The summed E-state index contributed by atoms with van der Waals surface area (Å²) in [5.74, 6) is 0.770. The van der Waals surface area contributed by atoms with Gasteiger partial charge in [-0.25, -0.2) is 0 Å². The molecule has 2 rings (SSSR count).